The number of anilines is 1. The van der Waals surface area contributed by atoms with E-state index in [0.29, 0.717) is 33.6 Å². The molecule has 200 valence electrons. The summed E-state index contributed by atoms with van der Waals surface area (Å²) in [7, 11) is 0. The molecular formula is C30H30N4O4S. The van der Waals surface area contributed by atoms with Crippen LogP contribution in [0.1, 0.15) is 47.7 Å². The molecule has 1 aliphatic rings. The first-order chi connectivity index (χ1) is 19.1. The fourth-order valence-corrected chi connectivity index (χ4v) is 5.06. The van der Waals surface area contributed by atoms with Gasteiger partial charge in [-0.3, -0.25) is 14.9 Å². The summed E-state index contributed by atoms with van der Waals surface area (Å²) in [5.41, 5.74) is 3.46. The van der Waals surface area contributed by atoms with Crippen LogP contribution in [-0.2, 0) is 17.6 Å². The lowest BCUT2D eigenvalue weighted by Gasteiger charge is -2.18. The number of carbonyl (C=O) groups excluding carboxylic acids is 2. The minimum absolute atomic E-state index is 0.188. The van der Waals surface area contributed by atoms with Gasteiger partial charge in [0.25, 0.3) is 5.91 Å². The molecule has 0 saturated carbocycles. The van der Waals surface area contributed by atoms with Crippen molar-refractivity contribution in [3.05, 3.63) is 89.5 Å². The molecule has 0 aliphatic carbocycles. The summed E-state index contributed by atoms with van der Waals surface area (Å²) in [5, 5.41) is 15.1. The normalized spacial score (nSPS) is 12.6. The lowest BCUT2D eigenvalue weighted by Crippen LogP contribution is -2.45. The van der Waals surface area contributed by atoms with Crippen LogP contribution in [0.2, 0.25) is 0 Å². The van der Waals surface area contributed by atoms with Crippen LogP contribution in [-0.4, -0.2) is 34.8 Å². The van der Waals surface area contributed by atoms with E-state index in [1.807, 2.05) is 72.8 Å². The number of ether oxygens (including phenoxy) is 2. The molecule has 0 unspecified atom stereocenters. The summed E-state index contributed by atoms with van der Waals surface area (Å²) >= 11 is 1.25. The van der Waals surface area contributed by atoms with Gasteiger partial charge in [-0.1, -0.05) is 73.6 Å². The van der Waals surface area contributed by atoms with E-state index in [9.17, 15) is 9.59 Å². The third-order valence-corrected chi connectivity index (χ3v) is 7.35. The Labute approximate surface area is 231 Å². The zero-order valence-electron chi connectivity index (χ0n) is 21.7. The number of benzene rings is 3. The van der Waals surface area contributed by atoms with Crippen molar-refractivity contribution in [1.29, 1.82) is 0 Å². The molecule has 0 spiro atoms. The maximum absolute atomic E-state index is 13.4. The predicted molar refractivity (Wildman–Crippen MR) is 151 cm³/mol. The highest BCUT2D eigenvalue weighted by Crippen LogP contribution is 2.37. The number of carbonyl (C=O) groups is 2. The van der Waals surface area contributed by atoms with Gasteiger partial charge in [-0.05, 0) is 54.3 Å². The summed E-state index contributed by atoms with van der Waals surface area (Å²) in [4.78, 5) is 26.5. The van der Waals surface area contributed by atoms with Gasteiger partial charge in [0.1, 0.15) is 11.0 Å². The molecule has 1 aliphatic heterocycles. The Kier molecular flexibility index (Phi) is 8.48. The molecule has 0 saturated heterocycles. The van der Waals surface area contributed by atoms with Crippen LogP contribution in [0.25, 0.3) is 10.6 Å². The first kappa shape index (κ1) is 26.4. The molecule has 4 aromatic rings. The Morgan fingerprint density at radius 2 is 1.72 bits per heavy atom. The smallest absolute Gasteiger partial charge is 0.251 e. The van der Waals surface area contributed by atoms with Gasteiger partial charge in [-0.15, -0.1) is 10.2 Å². The lowest BCUT2D eigenvalue weighted by molar-refractivity contribution is -0.118. The van der Waals surface area contributed by atoms with Crippen LogP contribution >= 0.6 is 11.3 Å². The Morgan fingerprint density at radius 1 is 0.923 bits per heavy atom. The molecule has 2 N–H and O–H groups in total. The lowest BCUT2D eigenvalue weighted by atomic mass is 10.0. The second-order valence-electron chi connectivity index (χ2n) is 9.34. The molecule has 2 amide bonds. The summed E-state index contributed by atoms with van der Waals surface area (Å²) in [6, 6.07) is 21.9. The van der Waals surface area contributed by atoms with Gasteiger partial charge in [-0.25, -0.2) is 0 Å². The zero-order chi connectivity index (χ0) is 27.0. The molecule has 1 aromatic heterocycles. The third kappa shape index (κ3) is 6.80. The topological polar surface area (TPSA) is 102 Å². The Hall–Kier alpha value is -4.24. The number of hydrogen-bond acceptors (Lipinski definition) is 7. The first-order valence-corrected chi connectivity index (χ1v) is 13.9. The second-order valence-corrected chi connectivity index (χ2v) is 10.3. The highest BCUT2D eigenvalue weighted by atomic mass is 32.1. The van der Waals surface area contributed by atoms with Crippen LogP contribution < -0.4 is 20.1 Å². The number of amides is 2. The number of nitrogens with one attached hydrogen (secondary N) is 2. The van der Waals surface area contributed by atoms with E-state index in [2.05, 4.69) is 27.8 Å². The Morgan fingerprint density at radius 3 is 2.51 bits per heavy atom. The van der Waals surface area contributed by atoms with Crippen molar-refractivity contribution in [3.8, 4) is 22.1 Å². The van der Waals surface area contributed by atoms with Crippen LogP contribution in [0.15, 0.2) is 72.8 Å². The minimum Gasteiger partial charge on any atom is -0.454 e. The van der Waals surface area contributed by atoms with E-state index in [-0.39, 0.29) is 18.6 Å². The number of nitrogens with zero attached hydrogens (tertiary/aromatic N) is 2. The van der Waals surface area contributed by atoms with Gasteiger partial charge in [0.15, 0.2) is 11.5 Å². The average Bonchev–Trinajstić information content (AvgIpc) is 3.63. The van der Waals surface area contributed by atoms with E-state index < -0.39 is 6.04 Å². The fraction of sp³-hybridized carbons (Fsp3) is 0.267. The van der Waals surface area contributed by atoms with Crippen LogP contribution in [0.5, 0.6) is 11.5 Å². The van der Waals surface area contributed by atoms with Crippen molar-refractivity contribution < 1.29 is 19.1 Å². The predicted octanol–water partition coefficient (Wildman–Crippen LogP) is 5.65. The summed E-state index contributed by atoms with van der Waals surface area (Å²) < 4.78 is 10.8. The fourth-order valence-electron chi connectivity index (χ4n) is 4.32. The molecule has 9 heteroatoms. The minimum atomic E-state index is -0.804. The number of unbranched alkanes of at least 4 members (excludes halogenated alkanes) is 2. The molecule has 0 bridgehead atoms. The molecule has 0 radical (unpaired) electrons. The van der Waals surface area contributed by atoms with E-state index in [0.717, 1.165) is 24.0 Å². The summed E-state index contributed by atoms with van der Waals surface area (Å²) in [6.45, 7) is 2.37. The standard InChI is InChI=1S/C30H30N4O4S/c1-2-3-5-8-20-11-13-22(14-12-20)27(35)31-24(17-21-9-6-4-7-10-21)28(36)32-30-34-33-29(39-30)23-15-16-25-26(18-23)38-19-37-25/h4,6-7,9-16,18,24H,2-3,5,8,17,19H2,1H3,(H,31,35)(H,32,34,36)/t24-/m1/s1. The molecule has 8 nitrogen and oxygen atoms in total. The molecule has 2 heterocycles. The first-order valence-electron chi connectivity index (χ1n) is 13.1. The SMILES string of the molecule is CCCCCc1ccc(C(=O)N[C@H](Cc2ccccc2)C(=O)Nc2nnc(-c3ccc4c(c3)OCO4)s2)cc1. The van der Waals surface area contributed by atoms with Crippen molar-refractivity contribution in [3.63, 3.8) is 0 Å². The van der Waals surface area contributed by atoms with Crippen molar-refractivity contribution in [2.75, 3.05) is 12.1 Å². The molecule has 1 atom stereocenters. The number of hydrogen-bond donors (Lipinski definition) is 2. The number of fused-ring (bicyclic) bond motifs is 1. The second kappa shape index (κ2) is 12.5. The maximum Gasteiger partial charge on any atom is 0.251 e. The van der Waals surface area contributed by atoms with Gasteiger partial charge >= 0.3 is 0 Å². The van der Waals surface area contributed by atoms with Crippen LogP contribution in [0.3, 0.4) is 0 Å². The Bertz CT molecular complexity index is 1420. The number of aryl methyl sites for hydroxylation is 1. The molecular weight excluding hydrogens is 512 g/mol. The van der Waals surface area contributed by atoms with Crippen LogP contribution in [0.4, 0.5) is 5.13 Å². The monoisotopic (exact) mass is 542 g/mol. The molecule has 5 rings (SSSR count). The van der Waals surface area contributed by atoms with Gasteiger partial charge in [0.05, 0.1) is 0 Å². The van der Waals surface area contributed by atoms with E-state index in [1.165, 1.54) is 29.7 Å². The van der Waals surface area contributed by atoms with Gasteiger partial charge in [0.2, 0.25) is 17.8 Å². The van der Waals surface area contributed by atoms with Gasteiger partial charge < -0.3 is 14.8 Å². The summed E-state index contributed by atoms with van der Waals surface area (Å²) in [6.07, 6.45) is 4.81. The van der Waals surface area contributed by atoms with Crippen molar-refractivity contribution in [2.45, 2.75) is 45.1 Å². The van der Waals surface area contributed by atoms with Crippen LogP contribution in [0, 0.1) is 0 Å². The van der Waals surface area contributed by atoms with Crippen molar-refractivity contribution in [2.24, 2.45) is 0 Å². The van der Waals surface area contributed by atoms with Gasteiger partial charge in [-0.2, -0.15) is 0 Å². The number of aromatic nitrogens is 2. The van der Waals surface area contributed by atoms with Crippen molar-refractivity contribution >= 4 is 28.3 Å². The maximum atomic E-state index is 13.4. The summed E-state index contributed by atoms with van der Waals surface area (Å²) in [5.74, 6) is 0.664. The molecule has 39 heavy (non-hydrogen) atoms. The third-order valence-electron chi connectivity index (χ3n) is 6.46. The van der Waals surface area contributed by atoms with Gasteiger partial charge in [0, 0.05) is 17.5 Å². The highest BCUT2D eigenvalue weighted by Gasteiger charge is 2.24. The highest BCUT2D eigenvalue weighted by molar-refractivity contribution is 7.18. The zero-order valence-corrected chi connectivity index (χ0v) is 22.5. The van der Waals surface area contributed by atoms with Crippen molar-refractivity contribution in [1.82, 2.24) is 15.5 Å². The largest absolute Gasteiger partial charge is 0.454 e. The quantitative estimate of drug-likeness (QED) is 0.238. The molecule has 3 aromatic carbocycles. The van der Waals surface area contributed by atoms with E-state index in [1.54, 1.807) is 0 Å². The Balaban J connectivity index is 1.28. The van der Waals surface area contributed by atoms with E-state index >= 15 is 0 Å². The molecule has 0 fully saturated rings. The van der Waals surface area contributed by atoms with E-state index in [4.69, 9.17) is 9.47 Å². The average molecular weight is 543 g/mol. The number of rotatable bonds is 11.